The Labute approximate surface area is 65.9 Å². The lowest BCUT2D eigenvalue weighted by Crippen LogP contribution is -1.91. The fourth-order valence-corrected chi connectivity index (χ4v) is 1.81. The highest BCUT2D eigenvalue weighted by molar-refractivity contribution is 8.04. The molecule has 0 radical (unpaired) electrons. The summed E-state index contributed by atoms with van der Waals surface area (Å²) >= 11 is 1.79. The molecule has 0 fully saturated rings. The minimum Gasteiger partial charge on any atom is -0.277 e. The minimum atomic E-state index is 0.892. The van der Waals surface area contributed by atoms with Crippen molar-refractivity contribution in [3.05, 3.63) is 23.6 Å². The normalized spacial score (nSPS) is 21.3. The molecule has 1 rings (SSSR count). The number of allylic oxidation sites excluding steroid dienone is 3. The zero-order chi connectivity index (χ0) is 7.40. The van der Waals surface area contributed by atoms with E-state index in [4.69, 9.17) is 0 Å². The lowest BCUT2D eigenvalue weighted by Gasteiger charge is -1.94. The molecule has 0 bridgehead atoms. The predicted molar refractivity (Wildman–Crippen MR) is 48.5 cm³/mol. The molecule has 0 spiro atoms. The summed E-state index contributed by atoms with van der Waals surface area (Å²) in [6, 6.07) is 0. The van der Waals surface area contributed by atoms with Gasteiger partial charge >= 0.3 is 0 Å². The second kappa shape index (κ2) is 3.62. The topological polar surface area (TPSA) is 12.4 Å². The van der Waals surface area contributed by atoms with E-state index in [-0.39, 0.29) is 0 Å². The van der Waals surface area contributed by atoms with Gasteiger partial charge in [0.05, 0.1) is 5.88 Å². The molecule has 0 aliphatic carbocycles. The number of hydrogen-bond acceptors (Lipinski definition) is 2. The van der Waals surface area contributed by atoms with E-state index >= 15 is 0 Å². The van der Waals surface area contributed by atoms with Crippen LogP contribution < -0.4 is 0 Å². The first-order valence-corrected chi connectivity index (χ1v) is 4.36. The van der Waals surface area contributed by atoms with Crippen LogP contribution >= 0.6 is 11.8 Å². The molecule has 1 aliphatic heterocycles. The van der Waals surface area contributed by atoms with E-state index in [9.17, 15) is 0 Å². The SMILES string of the molecule is C=C/C=C1/SCN=C1CC. The van der Waals surface area contributed by atoms with Gasteiger partial charge < -0.3 is 0 Å². The molecule has 0 saturated carbocycles. The van der Waals surface area contributed by atoms with Crippen molar-refractivity contribution in [2.75, 3.05) is 5.88 Å². The van der Waals surface area contributed by atoms with Crippen LogP contribution in [0.15, 0.2) is 28.6 Å². The van der Waals surface area contributed by atoms with Gasteiger partial charge in [0.15, 0.2) is 0 Å². The maximum absolute atomic E-state index is 4.32. The van der Waals surface area contributed by atoms with Gasteiger partial charge in [0, 0.05) is 10.6 Å². The fourth-order valence-electron chi connectivity index (χ4n) is 0.878. The minimum absolute atomic E-state index is 0.892. The van der Waals surface area contributed by atoms with E-state index in [0.717, 1.165) is 12.3 Å². The number of rotatable bonds is 2. The maximum atomic E-state index is 4.32. The largest absolute Gasteiger partial charge is 0.277 e. The molecule has 54 valence electrons. The smallest absolute Gasteiger partial charge is 0.0894 e. The number of nitrogens with zero attached hydrogens (tertiary/aromatic N) is 1. The molecule has 0 atom stereocenters. The van der Waals surface area contributed by atoms with Gasteiger partial charge in [-0.15, -0.1) is 11.8 Å². The predicted octanol–water partition coefficient (Wildman–Crippen LogP) is 2.61. The number of thioether (sulfide) groups is 1. The quantitative estimate of drug-likeness (QED) is 0.594. The van der Waals surface area contributed by atoms with Gasteiger partial charge in [-0.05, 0) is 12.5 Å². The number of aliphatic imine (C=N–C) groups is 1. The first-order valence-electron chi connectivity index (χ1n) is 3.37. The second-order valence-corrected chi connectivity index (χ2v) is 2.99. The fraction of sp³-hybridized carbons (Fsp3) is 0.375. The first kappa shape index (κ1) is 7.61. The molecule has 0 aromatic heterocycles. The third-order valence-corrected chi connectivity index (χ3v) is 2.30. The van der Waals surface area contributed by atoms with Crippen LogP contribution in [-0.4, -0.2) is 11.6 Å². The lowest BCUT2D eigenvalue weighted by atomic mass is 10.2. The van der Waals surface area contributed by atoms with Crippen molar-refractivity contribution < 1.29 is 0 Å². The van der Waals surface area contributed by atoms with Gasteiger partial charge in [0.1, 0.15) is 0 Å². The highest BCUT2D eigenvalue weighted by Crippen LogP contribution is 2.25. The first-order chi connectivity index (χ1) is 4.88. The van der Waals surface area contributed by atoms with Crippen molar-refractivity contribution in [1.29, 1.82) is 0 Å². The Kier molecular flexibility index (Phi) is 2.75. The van der Waals surface area contributed by atoms with E-state index in [1.165, 1.54) is 10.6 Å². The van der Waals surface area contributed by atoms with Gasteiger partial charge in [-0.2, -0.15) is 0 Å². The summed E-state index contributed by atoms with van der Waals surface area (Å²) in [5.74, 6) is 0.892. The Morgan fingerprint density at radius 1 is 1.80 bits per heavy atom. The zero-order valence-corrected chi connectivity index (χ0v) is 6.95. The zero-order valence-electron chi connectivity index (χ0n) is 6.13. The highest BCUT2D eigenvalue weighted by atomic mass is 32.2. The highest BCUT2D eigenvalue weighted by Gasteiger charge is 2.09. The molecule has 0 unspecified atom stereocenters. The molecular formula is C8H11NS. The molecule has 1 heterocycles. The standard InChI is InChI=1S/C8H11NS/c1-3-5-8-7(4-2)9-6-10-8/h3,5H,1,4,6H2,2H3/b8-5+. The number of hydrogen-bond donors (Lipinski definition) is 0. The summed E-state index contributed by atoms with van der Waals surface area (Å²) in [5, 5.41) is 0. The average Bonchev–Trinajstić information content (AvgIpc) is 2.36. The Hall–Kier alpha value is -0.500. The van der Waals surface area contributed by atoms with E-state index in [2.05, 4.69) is 18.5 Å². The van der Waals surface area contributed by atoms with Crippen molar-refractivity contribution >= 4 is 17.5 Å². The molecule has 1 nitrogen and oxygen atoms in total. The molecular weight excluding hydrogens is 142 g/mol. The molecule has 10 heavy (non-hydrogen) atoms. The second-order valence-electron chi connectivity index (χ2n) is 2.00. The van der Waals surface area contributed by atoms with Crippen molar-refractivity contribution in [2.24, 2.45) is 4.99 Å². The van der Waals surface area contributed by atoms with Crippen LogP contribution in [0.2, 0.25) is 0 Å². The van der Waals surface area contributed by atoms with Gasteiger partial charge in [0.25, 0.3) is 0 Å². The van der Waals surface area contributed by atoms with Crippen LogP contribution in [0.25, 0.3) is 0 Å². The summed E-state index contributed by atoms with van der Waals surface area (Å²) < 4.78 is 0. The van der Waals surface area contributed by atoms with Gasteiger partial charge in [-0.1, -0.05) is 19.6 Å². The molecule has 0 aromatic carbocycles. The molecule has 2 heteroatoms. The Morgan fingerprint density at radius 2 is 2.60 bits per heavy atom. The van der Waals surface area contributed by atoms with Crippen LogP contribution in [0.3, 0.4) is 0 Å². The summed E-state index contributed by atoms with van der Waals surface area (Å²) in [6.45, 7) is 5.77. The Bertz CT molecular complexity index is 191. The molecule has 0 amide bonds. The summed E-state index contributed by atoms with van der Waals surface area (Å²) in [5.41, 5.74) is 1.23. The molecule has 0 saturated heterocycles. The summed E-state index contributed by atoms with van der Waals surface area (Å²) in [4.78, 5) is 5.61. The van der Waals surface area contributed by atoms with Crippen molar-refractivity contribution in [2.45, 2.75) is 13.3 Å². The van der Waals surface area contributed by atoms with Crippen LogP contribution in [0.5, 0.6) is 0 Å². The van der Waals surface area contributed by atoms with E-state index in [1.807, 2.05) is 12.2 Å². The van der Waals surface area contributed by atoms with Crippen molar-refractivity contribution in [1.82, 2.24) is 0 Å². The molecule has 0 aromatic rings. The molecule has 0 N–H and O–H groups in total. The van der Waals surface area contributed by atoms with E-state index in [1.54, 1.807) is 11.8 Å². The summed E-state index contributed by atoms with van der Waals surface area (Å²) in [7, 11) is 0. The monoisotopic (exact) mass is 153 g/mol. The Balaban J connectivity index is 2.71. The van der Waals surface area contributed by atoms with Crippen LogP contribution in [-0.2, 0) is 0 Å². The van der Waals surface area contributed by atoms with Crippen LogP contribution in [0.4, 0.5) is 0 Å². The Morgan fingerprint density at radius 3 is 3.20 bits per heavy atom. The van der Waals surface area contributed by atoms with E-state index < -0.39 is 0 Å². The maximum Gasteiger partial charge on any atom is 0.0894 e. The van der Waals surface area contributed by atoms with Gasteiger partial charge in [0.2, 0.25) is 0 Å². The van der Waals surface area contributed by atoms with Gasteiger partial charge in [-0.25, -0.2) is 0 Å². The van der Waals surface area contributed by atoms with Crippen molar-refractivity contribution in [3.8, 4) is 0 Å². The average molecular weight is 153 g/mol. The van der Waals surface area contributed by atoms with Crippen LogP contribution in [0.1, 0.15) is 13.3 Å². The van der Waals surface area contributed by atoms with Crippen molar-refractivity contribution in [3.63, 3.8) is 0 Å². The third kappa shape index (κ3) is 1.51. The molecule has 1 aliphatic rings. The van der Waals surface area contributed by atoms with Gasteiger partial charge in [-0.3, -0.25) is 4.99 Å². The lowest BCUT2D eigenvalue weighted by molar-refractivity contribution is 1.25. The van der Waals surface area contributed by atoms with E-state index in [0.29, 0.717) is 0 Å². The van der Waals surface area contributed by atoms with Crippen LogP contribution in [0, 0.1) is 0 Å². The third-order valence-electron chi connectivity index (χ3n) is 1.36. The summed E-state index contributed by atoms with van der Waals surface area (Å²) in [6.07, 6.45) is 4.88.